The molecule has 3 heterocycles. The third-order valence-corrected chi connectivity index (χ3v) is 4.67. The maximum Gasteiger partial charge on any atom is 0.315 e. The molecule has 0 unspecified atom stereocenters. The Morgan fingerprint density at radius 2 is 2.17 bits per heavy atom. The van der Waals surface area contributed by atoms with Crippen molar-refractivity contribution in [1.29, 1.82) is 0 Å². The number of hydrogen-bond donors (Lipinski definition) is 2. The number of pyridine rings is 1. The fourth-order valence-corrected chi connectivity index (χ4v) is 3.30. The second kappa shape index (κ2) is 8.96. The lowest BCUT2D eigenvalue weighted by molar-refractivity contribution is 0.00212. The Morgan fingerprint density at radius 1 is 1.29 bits per heavy atom. The molecule has 1 aromatic rings. The largest absolute Gasteiger partial charge is 0.381 e. The van der Waals surface area contributed by atoms with Gasteiger partial charge in [-0.1, -0.05) is 6.07 Å². The molecule has 2 amide bonds. The van der Waals surface area contributed by atoms with Crippen molar-refractivity contribution in [3.05, 3.63) is 30.1 Å². The van der Waals surface area contributed by atoms with Gasteiger partial charge in [0.15, 0.2) is 0 Å². The molecule has 7 heteroatoms. The molecule has 2 aliphatic rings. The molecule has 2 saturated heterocycles. The molecule has 0 spiro atoms. The van der Waals surface area contributed by atoms with E-state index in [1.807, 2.05) is 12.1 Å². The van der Waals surface area contributed by atoms with E-state index in [9.17, 15) is 4.79 Å². The number of urea groups is 1. The molecule has 3 rings (SSSR count). The van der Waals surface area contributed by atoms with Gasteiger partial charge in [0.2, 0.25) is 0 Å². The monoisotopic (exact) mass is 334 g/mol. The van der Waals surface area contributed by atoms with Crippen molar-refractivity contribution in [3.8, 4) is 0 Å². The predicted molar refractivity (Wildman–Crippen MR) is 89.6 cm³/mol. The summed E-state index contributed by atoms with van der Waals surface area (Å²) in [5.74, 6) is 0.474. The zero-order valence-electron chi connectivity index (χ0n) is 13.9. The molecule has 0 radical (unpaired) electrons. The molecule has 132 valence electrons. The minimum atomic E-state index is -0.143. The smallest absolute Gasteiger partial charge is 0.315 e. The van der Waals surface area contributed by atoms with Crippen LogP contribution >= 0.6 is 0 Å². The summed E-state index contributed by atoms with van der Waals surface area (Å²) < 4.78 is 11.0. The molecule has 1 aromatic heterocycles. The van der Waals surface area contributed by atoms with Crippen LogP contribution in [0.3, 0.4) is 0 Å². The SMILES string of the molecule is O=C(NCc1cccnc1)NC[C@@H]([C@@H]1CCOC1)N1CCOCC1. The summed E-state index contributed by atoms with van der Waals surface area (Å²) in [6, 6.07) is 3.97. The van der Waals surface area contributed by atoms with E-state index >= 15 is 0 Å². The van der Waals surface area contributed by atoms with Crippen LogP contribution < -0.4 is 10.6 Å². The molecular weight excluding hydrogens is 308 g/mol. The minimum Gasteiger partial charge on any atom is -0.381 e. The number of amides is 2. The Morgan fingerprint density at radius 3 is 2.88 bits per heavy atom. The summed E-state index contributed by atoms with van der Waals surface area (Å²) >= 11 is 0. The molecule has 0 saturated carbocycles. The van der Waals surface area contributed by atoms with Crippen LogP contribution in [0.2, 0.25) is 0 Å². The van der Waals surface area contributed by atoms with Crippen molar-refractivity contribution < 1.29 is 14.3 Å². The minimum absolute atomic E-state index is 0.143. The lowest BCUT2D eigenvalue weighted by atomic mass is 9.97. The van der Waals surface area contributed by atoms with Gasteiger partial charge in [0, 0.05) is 57.1 Å². The van der Waals surface area contributed by atoms with Gasteiger partial charge in [-0.15, -0.1) is 0 Å². The number of nitrogens with zero attached hydrogens (tertiary/aromatic N) is 2. The molecule has 0 aliphatic carbocycles. The lowest BCUT2D eigenvalue weighted by Crippen LogP contribution is -2.53. The van der Waals surface area contributed by atoms with Gasteiger partial charge in [0.05, 0.1) is 19.8 Å². The summed E-state index contributed by atoms with van der Waals surface area (Å²) in [7, 11) is 0. The number of ether oxygens (including phenoxy) is 2. The Kier molecular flexibility index (Phi) is 6.40. The van der Waals surface area contributed by atoms with Crippen molar-refractivity contribution in [3.63, 3.8) is 0 Å². The zero-order valence-corrected chi connectivity index (χ0v) is 13.9. The summed E-state index contributed by atoms with van der Waals surface area (Å²) in [5.41, 5.74) is 0.988. The van der Waals surface area contributed by atoms with Gasteiger partial charge in [-0.3, -0.25) is 9.88 Å². The fourth-order valence-electron chi connectivity index (χ4n) is 3.30. The van der Waals surface area contributed by atoms with Gasteiger partial charge in [-0.25, -0.2) is 4.79 Å². The van der Waals surface area contributed by atoms with Gasteiger partial charge in [-0.05, 0) is 18.1 Å². The van der Waals surface area contributed by atoms with Crippen LogP contribution in [0.4, 0.5) is 4.79 Å². The van der Waals surface area contributed by atoms with E-state index in [4.69, 9.17) is 9.47 Å². The highest BCUT2D eigenvalue weighted by Crippen LogP contribution is 2.21. The van der Waals surface area contributed by atoms with Crippen molar-refractivity contribution in [1.82, 2.24) is 20.5 Å². The van der Waals surface area contributed by atoms with Gasteiger partial charge in [-0.2, -0.15) is 0 Å². The molecular formula is C17H26N4O3. The van der Waals surface area contributed by atoms with Crippen LogP contribution in [0, 0.1) is 5.92 Å². The fraction of sp³-hybridized carbons (Fsp3) is 0.647. The number of rotatable bonds is 6. The Hall–Kier alpha value is -1.70. The van der Waals surface area contributed by atoms with Gasteiger partial charge >= 0.3 is 6.03 Å². The maximum absolute atomic E-state index is 12.1. The zero-order chi connectivity index (χ0) is 16.6. The third-order valence-electron chi connectivity index (χ3n) is 4.67. The van der Waals surface area contributed by atoms with Crippen LogP contribution in [-0.2, 0) is 16.0 Å². The highest BCUT2D eigenvalue weighted by molar-refractivity contribution is 5.73. The molecule has 2 N–H and O–H groups in total. The maximum atomic E-state index is 12.1. The quantitative estimate of drug-likeness (QED) is 0.798. The van der Waals surface area contributed by atoms with Gasteiger partial charge < -0.3 is 20.1 Å². The van der Waals surface area contributed by atoms with Crippen LogP contribution in [0.1, 0.15) is 12.0 Å². The van der Waals surface area contributed by atoms with Crippen LogP contribution in [0.15, 0.2) is 24.5 Å². The first kappa shape index (κ1) is 17.1. The van der Waals surface area contributed by atoms with E-state index in [1.54, 1.807) is 12.4 Å². The van der Waals surface area contributed by atoms with E-state index in [0.29, 0.717) is 25.0 Å². The van der Waals surface area contributed by atoms with E-state index in [-0.39, 0.29) is 6.03 Å². The molecule has 24 heavy (non-hydrogen) atoms. The van der Waals surface area contributed by atoms with Crippen LogP contribution in [0.5, 0.6) is 0 Å². The van der Waals surface area contributed by atoms with Crippen molar-refractivity contribution in [2.24, 2.45) is 5.92 Å². The molecule has 2 atom stereocenters. The summed E-state index contributed by atoms with van der Waals surface area (Å²) in [5, 5.41) is 5.90. The summed E-state index contributed by atoms with van der Waals surface area (Å²) in [6.07, 6.45) is 4.54. The molecule has 0 bridgehead atoms. The van der Waals surface area contributed by atoms with Gasteiger partial charge in [0.25, 0.3) is 0 Å². The highest BCUT2D eigenvalue weighted by atomic mass is 16.5. The summed E-state index contributed by atoms with van der Waals surface area (Å²) in [4.78, 5) is 18.6. The van der Waals surface area contributed by atoms with Crippen molar-refractivity contribution in [2.75, 3.05) is 46.1 Å². The third kappa shape index (κ3) is 4.90. The van der Waals surface area contributed by atoms with E-state index < -0.39 is 0 Å². The average Bonchev–Trinajstić information content (AvgIpc) is 3.16. The van der Waals surface area contributed by atoms with Crippen LogP contribution in [0.25, 0.3) is 0 Å². The number of nitrogens with one attached hydrogen (secondary N) is 2. The summed E-state index contributed by atoms with van der Waals surface area (Å²) in [6.45, 7) is 6.07. The number of hydrogen-bond acceptors (Lipinski definition) is 5. The van der Waals surface area contributed by atoms with Crippen molar-refractivity contribution in [2.45, 2.75) is 19.0 Å². The second-order valence-electron chi connectivity index (χ2n) is 6.26. The standard InChI is InChI=1S/C17H26N4O3/c22-17(19-11-14-2-1-4-18-10-14)20-12-16(15-3-7-24-13-15)21-5-8-23-9-6-21/h1-2,4,10,15-16H,3,5-9,11-13H2,(H2,19,20,22)/t15-,16+/m1/s1. The lowest BCUT2D eigenvalue weighted by Gasteiger charge is -2.37. The normalized spacial score (nSPS) is 22.9. The number of carbonyl (C=O) groups excluding carboxylic acids is 1. The van der Waals surface area contributed by atoms with E-state index in [0.717, 1.165) is 51.5 Å². The highest BCUT2D eigenvalue weighted by Gasteiger charge is 2.31. The average molecular weight is 334 g/mol. The first-order valence-corrected chi connectivity index (χ1v) is 8.63. The first-order valence-electron chi connectivity index (χ1n) is 8.63. The topological polar surface area (TPSA) is 75.7 Å². The molecule has 2 fully saturated rings. The number of carbonyl (C=O) groups is 1. The predicted octanol–water partition coefficient (Wildman–Crippen LogP) is 0.618. The van der Waals surface area contributed by atoms with Gasteiger partial charge in [0.1, 0.15) is 0 Å². The number of morpholine rings is 1. The van der Waals surface area contributed by atoms with E-state index in [1.165, 1.54) is 0 Å². The molecule has 2 aliphatic heterocycles. The number of aromatic nitrogens is 1. The van der Waals surface area contributed by atoms with Crippen molar-refractivity contribution >= 4 is 6.03 Å². The van der Waals surface area contributed by atoms with E-state index in [2.05, 4.69) is 20.5 Å². The molecule has 7 nitrogen and oxygen atoms in total. The second-order valence-corrected chi connectivity index (χ2v) is 6.26. The Balaban J connectivity index is 1.47. The Labute approximate surface area is 142 Å². The first-order chi connectivity index (χ1) is 11.8. The van der Waals surface area contributed by atoms with Crippen LogP contribution in [-0.4, -0.2) is 68.0 Å². The molecule has 0 aromatic carbocycles. The Bertz CT molecular complexity index is 502.